The lowest BCUT2D eigenvalue weighted by Gasteiger charge is -2.06. The molecule has 1 rings (SSSR count). The van der Waals surface area contributed by atoms with Crippen LogP contribution >= 0.6 is 0 Å². The molecule has 2 nitrogen and oxygen atoms in total. The Balaban J connectivity index is 2.63. The van der Waals surface area contributed by atoms with Crippen LogP contribution in [-0.4, -0.2) is 19.4 Å². The molecule has 1 aromatic heterocycles. The second-order valence-corrected chi connectivity index (χ2v) is 8.15. The molecule has 3 heteroatoms. The first kappa shape index (κ1) is 8.27. The maximum Gasteiger partial charge on any atom is 0.172 e. The fourth-order valence-electron chi connectivity index (χ4n) is 0.688. The van der Waals surface area contributed by atoms with E-state index in [1.165, 1.54) is 0 Å². The molecule has 0 spiro atoms. The highest BCUT2D eigenvalue weighted by atomic mass is 28.3. The number of aromatic nitrogens is 1. The molecule has 1 aromatic rings. The van der Waals surface area contributed by atoms with Crippen LogP contribution in [0.15, 0.2) is 23.0 Å². The third-order valence-corrected chi connectivity index (χ3v) is 2.12. The van der Waals surface area contributed by atoms with Crippen molar-refractivity contribution in [2.24, 2.45) is 4.66 Å². The average molecular weight is 166 g/mol. The topological polar surface area (TPSA) is 28.1 Å². The molecule has 1 N–H and O–H groups in total. The Kier molecular flexibility index (Phi) is 2.29. The molecule has 0 atom stereocenters. The summed E-state index contributed by atoms with van der Waals surface area (Å²) in [6.45, 7) is 6.64. The molecule has 1 heterocycles. The molecule has 0 unspecified atom stereocenters. The lowest BCUT2D eigenvalue weighted by molar-refractivity contribution is 1.38. The Bertz CT molecular complexity index is 231. The smallest absolute Gasteiger partial charge is 0.172 e. The highest BCUT2D eigenvalue weighted by Gasteiger charge is 2.08. The van der Waals surface area contributed by atoms with Gasteiger partial charge in [-0.05, 0) is 31.8 Å². The SMILES string of the molecule is C[Si](C)(C)N=Cc1ccc[nH]1. The van der Waals surface area contributed by atoms with Gasteiger partial charge >= 0.3 is 0 Å². The van der Waals surface area contributed by atoms with Crippen LogP contribution in [0.5, 0.6) is 0 Å². The van der Waals surface area contributed by atoms with Crippen molar-refractivity contribution in [1.82, 2.24) is 4.98 Å². The molecule has 0 saturated heterocycles. The standard InChI is InChI=1S/C8H14N2Si/c1-11(2,3)10-7-8-5-4-6-9-8/h4-7,9H,1-3H3. The van der Waals surface area contributed by atoms with Crippen LogP contribution in [0.25, 0.3) is 0 Å². The van der Waals surface area contributed by atoms with Crippen LogP contribution in [0.1, 0.15) is 5.69 Å². The summed E-state index contributed by atoms with van der Waals surface area (Å²) >= 11 is 0. The maximum atomic E-state index is 4.48. The zero-order valence-corrected chi connectivity index (χ0v) is 8.26. The fourth-order valence-corrected chi connectivity index (χ4v) is 1.21. The van der Waals surface area contributed by atoms with Gasteiger partial charge in [-0.15, -0.1) is 0 Å². The Morgan fingerprint density at radius 3 is 2.64 bits per heavy atom. The van der Waals surface area contributed by atoms with E-state index in [1.807, 2.05) is 24.5 Å². The molecule has 11 heavy (non-hydrogen) atoms. The van der Waals surface area contributed by atoms with E-state index in [1.54, 1.807) is 0 Å². The van der Waals surface area contributed by atoms with Crippen molar-refractivity contribution in [3.63, 3.8) is 0 Å². The first-order chi connectivity index (χ1) is 5.08. The van der Waals surface area contributed by atoms with Gasteiger partial charge in [0.1, 0.15) is 0 Å². The van der Waals surface area contributed by atoms with Gasteiger partial charge in [-0.25, -0.2) is 0 Å². The van der Waals surface area contributed by atoms with Crippen LogP contribution in [0.4, 0.5) is 0 Å². The van der Waals surface area contributed by atoms with Crippen LogP contribution in [-0.2, 0) is 0 Å². The highest BCUT2D eigenvalue weighted by molar-refractivity contribution is 6.75. The van der Waals surface area contributed by atoms with Gasteiger partial charge < -0.3 is 9.64 Å². The normalized spacial score (nSPS) is 12.6. The average Bonchev–Trinajstić information content (AvgIpc) is 2.32. The monoisotopic (exact) mass is 166 g/mol. The summed E-state index contributed by atoms with van der Waals surface area (Å²) in [7, 11) is -1.26. The van der Waals surface area contributed by atoms with E-state index < -0.39 is 8.24 Å². The number of hydrogen-bond acceptors (Lipinski definition) is 1. The van der Waals surface area contributed by atoms with Crippen molar-refractivity contribution in [1.29, 1.82) is 0 Å². The van der Waals surface area contributed by atoms with Crippen molar-refractivity contribution in [3.8, 4) is 0 Å². The van der Waals surface area contributed by atoms with Gasteiger partial charge in [-0.2, -0.15) is 0 Å². The predicted molar refractivity (Wildman–Crippen MR) is 51.7 cm³/mol. The molecule has 0 aliphatic rings. The lowest BCUT2D eigenvalue weighted by Crippen LogP contribution is -2.16. The van der Waals surface area contributed by atoms with E-state index in [4.69, 9.17) is 0 Å². The minimum atomic E-state index is -1.26. The first-order valence-corrected chi connectivity index (χ1v) is 7.21. The maximum absolute atomic E-state index is 4.48. The number of hydrogen-bond donors (Lipinski definition) is 1. The molecule has 0 aliphatic heterocycles. The summed E-state index contributed by atoms with van der Waals surface area (Å²) in [5.41, 5.74) is 1.09. The fraction of sp³-hybridized carbons (Fsp3) is 0.375. The second-order valence-electron chi connectivity index (χ2n) is 3.55. The van der Waals surface area contributed by atoms with Crippen molar-refractivity contribution in [2.75, 3.05) is 0 Å². The number of aromatic amines is 1. The largest absolute Gasteiger partial charge is 0.360 e. The van der Waals surface area contributed by atoms with Gasteiger partial charge in [0.2, 0.25) is 0 Å². The molecule has 0 fully saturated rings. The summed E-state index contributed by atoms with van der Waals surface area (Å²) in [6.07, 6.45) is 3.83. The summed E-state index contributed by atoms with van der Waals surface area (Å²) in [5, 5.41) is 0. The predicted octanol–water partition coefficient (Wildman–Crippen LogP) is 2.27. The van der Waals surface area contributed by atoms with Crippen molar-refractivity contribution in [2.45, 2.75) is 19.6 Å². The third-order valence-electron chi connectivity index (χ3n) is 1.21. The van der Waals surface area contributed by atoms with Crippen LogP contribution in [0.3, 0.4) is 0 Å². The molecular formula is C8H14N2Si. The van der Waals surface area contributed by atoms with E-state index in [0.717, 1.165) is 5.69 Å². The first-order valence-electron chi connectivity index (χ1n) is 3.76. The molecule has 0 aliphatic carbocycles. The minimum Gasteiger partial charge on any atom is -0.360 e. The van der Waals surface area contributed by atoms with E-state index >= 15 is 0 Å². The van der Waals surface area contributed by atoms with Crippen LogP contribution in [0, 0.1) is 0 Å². The van der Waals surface area contributed by atoms with E-state index in [9.17, 15) is 0 Å². The van der Waals surface area contributed by atoms with Gasteiger partial charge in [0.05, 0.1) is 5.69 Å². The third kappa shape index (κ3) is 3.18. The molecular weight excluding hydrogens is 152 g/mol. The Hall–Kier alpha value is -0.833. The highest BCUT2D eigenvalue weighted by Crippen LogP contribution is 2.01. The van der Waals surface area contributed by atoms with Gasteiger partial charge in [-0.1, -0.05) is 0 Å². The quantitative estimate of drug-likeness (QED) is 0.516. The number of nitrogens with one attached hydrogen (secondary N) is 1. The summed E-state index contributed by atoms with van der Waals surface area (Å²) in [4.78, 5) is 3.08. The summed E-state index contributed by atoms with van der Waals surface area (Å²) < 4.78 is 4.48. The number of nitrogens with zero attached hydrogens (tertiary/aromatic N) is 1. The summed E-state index contributed by atoms with van der Waals surface area (Å²) in [5.74, 6) is 0. The van der Waals surface area contributed by atoms with Crippen LogP contribution < -0.4 is 0 Å². The van der Waals surface area contributed by atoms with Crippen molar-refractivity contribution < 1.29 is 0 Å². The Morgan fingerprint density at radius 1 is 1.45 bits per heavy atom. The van der Waals surface area contributed by atoms with E-state index in [-0.39, 0.29) is 0 Å². The van der Waals surface area contributed by atoms with Gasteiger partial charge in [0, 0.05) is 12.4 Å². The van der Waals surface area contributed by atoms with Crippen LogP contribution in [0.2, 0.25) is 19.6 Å². The molecule has 0 bridgehead atoms. The van der Waals surface area contributed by atoms with E-state index in [0.29, 0.717) is 0 Å². The second kappa shape index (κ2) is 3.05. The van der Waals surface area contributed by atoms with E-state index in [2.05, 4.69) is 29.3 Å². The molecule has 0 saturated carbocycles. The Labute approximate surface area is 68.5 Å². The molecule has 60 valence electrons. The molecule has 0 radical (unpaired) electrons. The van der Waals surface area contributed by atoms with Gasteiger partial charge in [0.25, 0.3) is 0 Å². The summed E-state index contributed by atoms with van der Waals surface area (Å²) in [6, 6.07) is 4.00. The van der Waals surface area contributed by atoms with Gasteiger partial charge in [0.15, 0.2) is 8.24 Å². The van der Waals surface area contributed by atoms with Crippen molar-refractivity contribution >= 4 is 14.5 Å². The molecule has 0 amide bonds. The molecule has 0 aromatic carbocycles. The van der Waals surface area contributed by atoms with Crippen molar-refractivity contribution in [3.05, 3.63) is 24.0 Å². The minimum absolute atomic E-state index is 1.09. The zero-order chi connectivity index (χ0) is 8.32. The number of rotatable bonds is 2. The van der Waals surface area contributed by atoms with Gasteiger partial charge in [-0.3, -0.25) is 0 Å². The number of H-pyrrole nitrogens is 1. The Morgan fingerprint density at radius 2 is 2.18 bits per heavy atom. The zero-order valence-electron chi connectivity index (χ0n) is 7.26. The lowest BCUT2D eigenvalue weighted by atomic mass is 10.5.